The zero-order valence-corrected chi connectivity index (χ0v) is 14.5. The van der Waals surface area contributed by atoms with E-state index in [2.05, 4.69) is 20.3 Å². The minimum Gasteiger partial charge on any atom is -0.466 e. The van der Waals surface area contributed by atoms with Gasteiger partial charge in [-0.15, -0.1) is 0 Å². The molecule has 8 heteroatoms. The van der Waals surface area contributed by atoms with Crippen LogP contribution in [0.4, 0.5) is 0 Å². The number of fused-ring (bicyclic) bond motifs is 1. The Morgan fingerprint density at radius 3 is 2.77 bits per heavy atom. The molecule has 1 aliphatic heterocycles. The van der Waals surface area contributed by atoms with Crippen LogP contribution in [-0.4, -0.2) is 30.5 Å². The summed E-state index contributed by atoms with van der Waals surface area (Å²) in [6.07, 6.45) is 0.753. The summed E-state index contributed by atoms with van der Waals surface area (Å²) in [5.41, 5.74) is 10.8. The molecule has 1 N–H and O–H groups in total. The molecule has 26 heavy (non-hydrogen) atoms. The molecule has 2 aliphatic rings. The lowest BCUT2D eigenvalue weighted by Crippen LogP contribution is -2.51. The number of aliphatic imine (C=N–C) groups is 1. The van der Waals surface area contributed by atoms with Crippen molar-refractivity contribution in [2.24, 2.45) is 21.9 Å². The zero-order valence-electron chi connectivity index (χ0n) is 14.5. The first-order valence-corrected chi connectivity index (χ1v) is 8.38. The number of nitrogens with zero attached hydrogens (tertiary/aromatic N) is 4. The third-order valence-electron chi connectivity index (χ3n) is 4.61. The maximum Gasteiger partial charge on any atom is 0.313 e. The van der Waals surface area contributed by atoms with Crippen LogP contribution in [0.25, 0.3) is 10.4 Å². The van der Waals surface area contributed by atoms with Gasteiger partial charge >= 0.3 is 5.97 Å². The van der Waals surface area contributed by atoms with Crippen LogP contribution < -0.4 is 5.32 Å². The van der Waals surface area contributed by atoms with E-state index in [4.69, 9.17) is 10.3 Å². The Morgan fingerprint density at radius 2 is 2.12 bits per heavy atom. The van der Waals surface area contributed by atoms with Gasteiger partial charge in [0.2, 0.25) is 12.2 Å². The first-order chi connectivity index (χ1) is 12.6. The van der Waals surface area contributed by atoms with Crippen molar-refractivity contribution in [1.82, 2.24) is 5.32 Å². The summed E-state index contributed by atoms with van der Waals surface area (Å²) in [6.45, 7) is 3.84. The van der Waals surface area contributed by atoms with Gasteiger partial charge in [-0.2, -0.15) is 0 Å². The van der Waals surface area contributed by atoms with E-state index in [0.717, 1.165) is 11.1 Å². The van der Waals surface area contributed by atoms with Gasteiger partial charge in [0.15, 0.2) is 0 Å². The van der Waals surface area contributed by atoms with Gasteiger partial charge in [0.1, 0.15) is 0 Å². The molecule has 0 aromatic heterocycles. The minimum absolute atomic E-state index is 0.265. The number of ether oxygens (including phenoxy) is 1. The second-order valence-electron chi connectivity index (χ2n) is 6.17. The van der Waals surface area contributed by atoms with Crippen LogP contribution in [0.2, 0.25) is 0 Å². The van der Waals surface area contributed by atoms with Crippen LogP contribution in [0.5, 0.6) is 0 Å². The molecule has 3 rings (SSSR count). The van der Waals surface area contributed by atoms with E-state index in [1.807, 2.05) is 37.3 Å². The van der Waals surface area contributed by atoms with Crippen LogP contribution >= 0.6 is 0 Å². The summed E-state index contributed by atoms with van der Waals surface area (Å²) in [5.74, 6) is -2.35. The average Bonchev–Trinajstić information content (AvgIpc) is 2.61. The molecule has 4 unspecified atom stereocenters. The highest BCUT2D eigenvalue weighted by atomic mass is 16.5. The molecule has 0 bridgehead atoms. The molecule has 0 fully saturated rings. The molecule has 0 saturated heterocycles. The quantitative estimate of drug-likeness (QED) is 0.388. The van der Waals surface area contributed by atoms with E-state index >= 15 is 0 Å². The second kappa shape index (κ2) is 7.41. The van der Waals surface area contributed by atoms with Crippen molar-refractivity contribution in [1.29, 1.82) is 0 Å². The SMILES string of the molecule is CCOC(=O)C1C(C)=CC2=NC(N=[N+]=[N-])NC(=O)C2C1c1ccccc1. The molecule has 134 valence electrons. The summed E-state index contributed by atoms with van der Waals surface area (Å²) in [4.78, 5) is 32.5. The maximum atomic E-state index is 12.8. The Bertz CT molecular complexity index is 826. The van der Waals surface area contributed by atoms with Gasteiger partial charge in [-0.3, -0.25) is 14.6 Å². The molecule has 4 atom stereocenters. The van der Waals surface area contributed by atoms with Gasteiger partial charge in [-0.25, -0.2) is 0 Å². The second-order valence-corrected chi connectivity index (χ2v) is 6.17. The summed E-state index contributed by atoms with van der Waals surface area (Å²) in [6, 6.07) is 9.39. The van der Waals surface area contributed by atoms with Crippen LogP contribution in [0.1, 0.15) is 25.3 Å². The number of amides is 1. The fourth-order valence-electron chi connectivity index (χ4n) is 3.61. The Labute approximate surface area is 150 Å². The van der Waals surface area contributed by atoms with Gasteiger partial charge in [0.25, 0.3) is 0 Å². The lowest BCUT2D eigenvalue weighted by Gasteiger charge is -2.39. The third-order valence-corrected chi connectivity index (χ3v) is 4.61. The Kier molecular flexibility index (Phi) is 5.04. The summed E-state index contributed by atoms with van der Waals surface area (Å²) in [5, 5.41) is 6.07. The first-order valence-electron chi connectivity index (χ1n) is 8.38. The van der Waals surface area contributed by atoms with Crippen molar-refractivity contribution in [3.63, 3.8) is 0 Å². The van der Waals surface area contributed by atoms with Gasteiger partial charge in [-0.1, -0.05) is 35.9 Å². The Morgan fingerprint density at radius 1 is 1.38 bits per heavy atom. The van der Waals surface area contributed by atoms with Gasteiger partial charge in [-0.05, 0) is 36.1 Å². The summed E-state index contributed by atoms with van der Waals surface area (Å²) < 4.78 is 5.26. The zero-order chi connectivity index (χ0) is 18.7. The Balaban J connectivity index is 2.14. The normalized spacial score (nSPS) is 27.2. The number of esters is 1. The van der Waals surface area contributed by atoms with Gasteiger partial charge < -0.3 is 10.1 Å². The molecule has 1 aromatic rings. The number of hydrogen-bond acceptors (Lipinski definition) is 5. The smallest absolute Gasteiger partial charge is 0.313 e. The van der Waals surface area contributed by atoms with E-state index in [1.54, 1.807) is 13.0 Å². The standard InChI is InChI=1S/C18H19N5O3/c1-3-26-17(25)13-10(2)9-12-15(14(13)11-7-5-4-6-8-11)16(24)21-18(20-12)22-23-19/h4-9,13-15,18H,3H2,1-2H3,(H,21,24). The number of nitrogens with one attached hydrogen (secondary N) is 1. The molecule has 8 nitrogen and oxygen atoms in total. The Hall–Kier alpha value is -3.12. The maximum absolute atomic E-state index is 12.8. The van der Waals surface area contributed by atoms with E-state index in [1.165, 1.54) is 0 Å². The van der Waals surface area contributed by atoms with Crippen molar-refractivity contribution >= 4 is 17.6 Å². The minimum atomic E-state index is -0.974. The van der Waals surface area contributed by atoms with E-state index in [9.17, 15) is 9.59 Å². The van der Waals surface area contributed by atoms with E-state index in [0.29, 0.717) is 5.71 Å². The van der Waals surface area contributed by atoms with E-state index in [-0.39, 0.29) is 18.5 Å². The molecule has 0 spiro atoms. The number of azide groups is 1. The highest BCUT2D eigenvalue weighted by Crippen LogP contribution is 2.43. The van der Waals surface area contributed by atoms with Crippen LogP contribution in [0, 0.1) is 11.8 Å². The predicted octanol–water partition coefficient (Wildman–Crippen LogP) is 2.69. The molecule has 1 amide bonds. The number of rotatable bonds is 4. The molecule has 0 radical (unpaired) electrons. The van der Waals surface area contributed by atoms with Crippen molar-refractivity contribution in [2.45, 2.75) is 26.1 Å². The molecule has 0 saturated carbocycles. The van der Waals surface area contributed by atoms with Crippen molar-refractivity contribution in [2.75, 3.05) is 6.61 Å². The third kappa shape index (κ3) is 3.19. The number of allylic oxidation sites excluding steroid dienone is 1. The van der Waals surface area contributed by atoms with Crippen molar-refractivity contribution in [3.8, 4) is 0 Å². The van der Waals surface area contributed by atoms with Crippen LogP contribution in [-0.2, 0) is 14.3 Å². The van der Waals surface area contributed by atoms with Gasteiger partial charge in [0, 0.05) is 10.8 Å². The van der Waals surface area contributed by atoms with Crippen molar-refractivity contribution < 1.29 is 14.3 Å². The molecule has 1 aromatic carbocycles. The average molecular weight is 353 g/mol. The topological polar surface area (TPSA) is 117 Å². The lowest BCUT2D eigenvalue weighted by molar-refractivity contribution is -0.148. The van der Waals surface area contributed by atoms with Crippen LogP contribution in [0.3, 0.4) is 0 Å². The fraction of sp³-hybridized carbons (Fsp3) is 0.389. The van der Waals surface area contributed by atoms with Crippen molar-refractivity contribution in [3.05, 3.63) is 58.0 Å². The monoisotopic (exact) mass is 353 g/mol. The first kappa shape index (κ1) is 17.7. The van der Waals surface area contributed by atoms with E-state index < -0.39 is 24.0 Å². The summed E-state index contributed by atoms with van der Waals surface area (Å²) >= 11 is 0. The highest BCUT2D eigenvalue weighted by Gasteiger charge is 2.47. The molecular weight excluding hydrogens is 334 g/mol. The number of hydrogen-bond donors (Lipinski definition) is 1. The largest absolute Gasteiger partial charge is 0.466 e. The fourth-order valence-corrected chi connectivity index (χ4v) is 3.61. The van der Waals surface area contributed by atoms with Crippen LogP contribution in [0.15, 0.2) is 52.1 Å². The van der Waals surface area contributed by atoms with Gasteiger partial charge in [0.05, 0.1) is 24.2 Å². The molecule has 1 heterocycles. The lowest BCUT2D eigenvalue weighted by atomic mass is 9.67. The predicted molar refractivity (Wildman–Crippen MR) is 95.1 cm³/mol. The number of carbonyl (C=O) groups is 2. The highest BCUT2D eigenvalue weighted by molar-refractivity contribution is 6.14. The number of benzene rings is 1. The molecular formula is C18H19N5O3. The number of carbonyl (C=O) groups excluding carboxylic acids is 2. The summed E-state index contributed by atoms with van der Waals surface area (Å²) in [7, 11) is 0. The molecule has 1 aliphatic carbocycles.